The number of nitrogens with one attached hydrogen (secondary N) is 2. The monoisotopic (exact) mass is 373 g/mol. The van der Waals surface area contributed by atoms with Crippen LogP contribution < -0.4 is 10.6 Å². The minimum atomic E-state index is -0.393. The average Bonchev–Trinajstić information content (AvgIpc) is 2.70. The van der Waals surface area contributed by atoms with E-state index in [4.69, 9.17) is 4.74 Å². The van der Waals surface area contributed by atoms with Gasteiger partial charge in [-0.05, 0) is 63.4 Å². The molecule has 2 saturated heterocycles. The largest absolute Gasteiger partial charge is 0.384 e. The smallest absolute Gasteiger partial charge is 0.228 e. The highest BCUT2D eigenvalue weighted by molar-refractivity contribution is 5.83. The van der Waals surface area contributed by atoms with Gasteiger partial charge in [-0.15, -0.1) is 0 Å². The molecule has 0 aromatic heterocycles. The van der Waals surface area contributed by atoms with Crippen LogP contribution in [0.5, 0.6) is 0 Å². The zero-order valence-electron chi connectivity index (χ0n) is 16.9. The number of carbonyl (C=O) groups is 1. The summed E-state index contributed by atoms with van der Waals surface area (Å²) >= 11 is 0. The maximum atomic E-state index is 13.0. The molecule has 2 heterocycles. The summed E-state index contributed by atoms with van der Waals surface area (Å²) in [7, 11) is 1.69. The third-order valence-electron chi connectivity index (χ3n) is 6.33. The van der Waals surface area contributed by atoms with Crippen LogP contribution in [0.15, 0.2) is 24.3 Å². The Morgan fingerprint density at radius 3 is 2.70 bits per heavy atom. The van der Waals surface area contributed by atoms with Crippen LogP contribution >= 0.6 is 0 Å². The fourth-order valence-electron chi connectivity index (χ4n) is 4.48. The molecule has 1 unspecified atom stereocenters. The fraction of sp³-hybridized carbons (Fsp3) is 0.682. The first-order chi connectivity index (χ1) is 13.1. The standard InChI is InChI=1S/C22H35N3O2/c1-18-7-5-6-14-25(18)16-20-9-4-3-8-19(20)15-24-21(26)22(17-27-2)10-12-23-13-11-22/h3-4,8-9,18,23H,5-7,10-17H2,1-2H3,(H,24,26). The molecule has 1 aromatic rings. The van der Waals surface area contributed by atoms with E-state index in [0.717, 1.165) is 32.5 Å². The lowest BCUT2D eigenvalue weighted by molar-refractivity contribution is -0.136. The first-order valence-corrected chi connectivity index (χ1v) is 10.4. The molecule has 0 aliphatic carbocycles. The maximum Gasteiger partial charge on any atom is 0.228 e. The summed E-state index contributed by atoms with van der Waals surface area (Å²) in [5, 5.41) is 6.56. The van der Waals surface area contributed by atoms with Gasteiger partial charge >= 0.3 is 0 Å². The molecule has 2 aliphatic rings. The van der Waals surface area contributed by atoms with Gasteiger partial charge in [-0.25, -0.2) is 0 Å². The first kappa shape index (κ1) is 20.3. The van der Waals surface area contributed by atoms with Gasteiger partial charge in [-0.3, -0.25) is 9.69 Å². The molecule has 1 aromatic carbocycles. The van der Waals surface area contributed by atoms with Crippen LogP contribution in [0, 0.1) is 5.41 Å². The van der Waals surface area contributed by atoms with Crippen molar-refractivity contribution < 1.29 is 9.53 Å². The van der Waals surface area contributed by atoms with E-state index in [1.807, 2.05) is 0 Å². The number of hydrogen-bond acceptors (Lipinski definition) is 4. The second kappa shape index (κ2) is 9.67. The van der Waals surface area contributed by atoms with E-state index in [9.17, 15) is 4.79 Å². The van der Waals surface area contributed by atoms with Gasteiger partial charge in [0.25, 0.3) is 0 Å². The van der Waals surface area contributed by atoms with Crippen LogP contribution in [-0.2, 0) is 22.6 Å². The molecule has 1 atom stereocenters. The van der Waals surface area contributed by atoms with E-state index in [1.165, 1.54) is 36.9 Å². The van der Waals surface area contributed by atoms with Gasteiger partial charge in [0, 0.05) is 26.2 Å². The van der Waals surface area contributed by atoms with Gasteiger partial charge in [-0.2, -0.15) is 0 Å². The van der Waals surface area contributed by atoms with E-state index in [1.54, 1.807) is 7.11 Å². The number of rotatable bonds is 7. The molecule has 0 radical (unpaired) electrons. The van der Waals surface area contributed by atoms with Crippen molar-refractivity contribution in [3.63, 3.8) is 0 Å². The van der Waals surface area contributed by atoms with Crippen molar-refractivity contribution in [3.8, 4) is 0 Å². The van der Waals surface area contributed by atoms with E-state index in [0.29, 0.717) is 19.2 Å². The summed E-state index contributed by atoms with van der Waals surface area (Å²) < 4.78 is 5.40. The number of amides is 1. The van der Waals surface area contributed by atoms with Crippen LogP contribution in [0.25, 0.3) is 0 Å². The SMILES string of the molecule is COCC1(C(=O)NCc2ccccc2CN2CCCCC2C)CCNCC1. The quantitative estimate of drug-likeness (QED) is 0.772. The minimum absolute atomic E-state index is 0.131. The number of likely N-dealkylation sites (tertiary alicyclic amines) is 1. The van der Waals surface area contributed by atoms with E-state index < -0.39 is 5.41 Å². The van der Waals surface area contributed by atoms with Crippen molar-refractivity contribution in [3.05, 3.63) is 35.4 Å². The summed E-state index contributed by atoms with van der Waals surface area (Å²) in [6.45, 7) is 7.31. The van der Waals surface area contributed by atoms with Gasteiger partial charge < -0.3 is 15.4 Å². The second-order valence-corrected chi connectivity index (χ2v) is 8.23. The number of ether oxygens (including phenoxy) is 1. The fourth-order valence-corrected chi connectivity index (χ4v) is 4.48. The molecule has 0 spiro atoms. The molecule has 3 rings (SSSR count). The Bertz CT molecular complexity index is 608. The van der Waals surface area contributed by atoms with Crippen molar-refractivity contribution in [2.24, 2.45) is 5.41 Å². The predicted molar refractivity (Wildman–Crippen MR) is 108 cm³/mol. The zero-order chi connectivity index (χ0) is 19.1. The number of methoxy groups -OCH3 is 1. The third-order valence-corrected chi connectivity index (χ3v) is 6.33. The number of benzene rings is 1. The molecular formula is C22H35N3O2. The lowest BCUT2D eigenvalue weighted by atomic mass is 9.78. The van der Waals surface area contributed by atoms with E-state index in [2.05, 4.69) is 46.7 Å². The summed E-state index contributed by atoms with van der Waals surface area (Å²) in [5.74, 6) is 0.131. The number of hydrogen-bond donors (Lipinski definition) is 2. The molecule has 0 saturated carbocycles. The van der Waals surface area contributed by atoms with Gasteiger partial charge in [0.05, 0.1) is 12.0 Å². The van der Waals surface area contributed by atoms with E-state index in [-0.39, 0.29) is 5.91 Å². The van der Waals surface area contributed by atoms with Crippen LogP contribution in [0.3, 0.4) is 0 Å². The van der Waals surface area contributed by atoms with Crippen LogP contribution in [-0.4, -0.2) is 50.2 Å². The first-order valence-electron chi connectivity index (χ1n) is 10.4. The highest BCUT2D eigenvalue weighted by Crippen LogP contribution is 2.29. The topological polar surface area (TPSA) is 53.6 Å². The predicted octanol–water partition coefficient (Wildman–Crippen LogP) is 2.69. The molecule has 150 valence electrons. The molecule has 5 heteroatoms. The van der Waals surface area contributed by atoms with E-state index >= 15 is 0 Å². The Balaban J connectivity index is 1.64. The number of carbonyl (C=O) groups excluding carboxylic acids is 1. The summed E-state index contributed by atoms with van der Waals surface area (Å²) in [4.78, 5) is 15.6. The van der Waals surface area contributed by atoms with Gasteiger partial charge in [0.15, 0.2) is 0 Å². The Kier molecular flexibility index (Phi) is 7.27. The Hall–Kier alpha value is -1.43. The maximum absolute atomic E-state index is 13.0. The highest BCUT2D eigenvalue weighted by atomic mass is 16.5. The summed E-state index contributed by atoms with van der Waals surface area (Å²) in [6, 6.07) is 9.17. The van der Waals surface area contributed by atoms with Crippen LogP contribution in [0.1, 0.15) is 50.2 Å². The van der Waals surface area contributed by atoms with Crippen LogP contribution in [0.2, 0.25) is 0 Å². The van der Waals surface area contributed by atoms with Gasteiger partial charge in [0.2, 0.25) is 5.91 Å². The molecule has 2 aliphatic heterocycles. The molecule has 2 N–H and O–H groups in total. The van der Waals surface area contributed by atoms with Gasteiger partial charge in [0.1, 0.15) is 0 Å². The van der Waals surface area contributed by atoms with Crippen molar-refractivity contribution >= 4 is 5.91 Å². The molecular weight excluding hydrogens is 338 g/mol. The molecule has 2 fully saturated rings. The molecule has 27 heavy (non-hydrogen) atoms. The number of nitrogens with zero attached hydrogens (tertiary/aromatic N) is 1. The lowest BCUT2D eigenvalue weighted by Crippen LogP contribution is -2.50. The van der Waals surface area contributed by atoms with Crippen molar-refractivity contribution in [2.75, 3.05) is 33.4 Å². The zero-order valence-corrected chi connectivity index (χ0v) is 16.9. The highest BCUT2D eigenvalue weighted by Gasteiger charge is 2.39. The van der Waals surface area contributed by atoms with Crippen molar-refractivity contribution in [1.82, 2.24) is 15.5 Å². The molecule has 1 amide bonds. The average molecular weight is 374 g/mol. The normalized spacial score (nSPS) is 23.1. The third kappa shape index (κ3) is 5.09. The molecule has 5 nitrogen and oxygen atoms in total. The van der Waals surface area contributed by atoms with Crippen molar-refractivity contribution in [2.45, 2.75) is 58.2 Å². The molecule has 0 bridgehead atoms. The van der Waals surface area contributed by atoms with Crippen molar-refractivity contribution in [1.29, 1.82) is 0 Å². The second-order valence-electron chi connectivity index (χ2n) is 8.23. The summed E-state index contributed by atoms with van der Waals surface area (Å²) in [6.07, 6.45) is 5.58. The van der Waals surface area contributed by atoms with Crippen LogP contribution in [0.4, 0.5) is 0 Å². The lowest BCUT2D eigenvalue weighted by Gasteiger charge is -2.36. The Morgan fingerprint density at radius 2 is 2.00 bits per heavy atom. The minimum Gasteiger partial charge on any atom is -0.384 e. The number of piperidine rings is 2. The van der Waals surface area contributed by atoms with Gasteiger partial charge in [-0.1, -0.05) is 30.7 Å². The summed E-state index contributed by atoms with van der Waals surface area (Å²) in [5.41, 5.74) is 2.17. The Morgan fingerprint density at radius 1 is 1.26 bits per heavy atom. The Labute approximate surface area is 163 Å².